The maximum Gasteiger partial charge on any atom is 0.269 e. The van der Waals surface area contributed by atoms with E-state index in [9.17, 15) is 4.79 Å². The third kappa shape index (κ3) is 3.28. The number of rotatable bonds is 3. The van der Waals surface area contributed by atoms with Gasteiger partial charge in [0, 0.05) is 19.2 Å². The van der Waals surface area contributed by atoms with Crippen molar-refractivity contribution in [2.24, 2.45) is 0 Å². The van der Waals surface area contributed by atoms with Crippen LogP contribution in [0.1, 0.15) is 23.8 Å². The van der Waals surface area contributed by atoms with Crippen LogP contribution >= 0.6 is 0 Å². The van der Waals surface area contributed by atoms with E-state index in [0.717, 1.165) is 0 Å². The summed E-state index contributed by atoms with van der Waals surface area (Å²) in [6.07, 6.45) is 2.27. The molecule has 0 aliphatic rings. The number of amides is 1. The number of nitrogens with zero attached hydrogens (tertiary/aromatic N) is 1. The van der Waals surface area contributed by atoms with Gasteiger partial charge >= 0.3 is 0 Å². The van der Waals surface area contributed by atoms with Gasteiger partial charge in [-0.3, -0.25) is 9.78 Å². The van der Waals surface area contributed by atoms with Gasteiger partial charge in [-0.15, -0.1) is 11.8 Å². The third-order valence-electron chi connectivity index (χ3n) is 1.61. The van der Waals surface area contributed by atoms with E-state index in [1.54, 1.807) is 31.3 Å². The quantitative estimate of drug-likeness (QED) is 0.572. The molecule has 0 bridgehead atoms. The number of aromatic nitrogens is 1. The summed E-state index contributed by atoms with van der Waals surface area (Å²) in [6, 6.07) is 5.24. The van der Waals surface area contributed by atoms with E-state index < -0.39 is 0 Å². The average molecular weight is 188 g/mol. The highest BCUT2D eigenvalue weighted by atomic mass is 16.1. The number of hydrogen-bond donors (Lipinski definition) is 1. The smallest absolute Gasteiger partial charge is 0.269 e. The highest BCUT2D eigenvalue weighted by Gasteiger charge is 2.03. The fraction of sp³-hybridized carbons (Fsp3) is 0.273. The van der Waals surface area contributed by atoms with E-state index in [-0.39, 0.29) is 5.91 Å². The van der Waals surface area contributed by atoms with Crippen LogP contribution in [0.25, 0.3) is 0 Å². The minimum Gasteiger partial charge on any atom is -0.350 e. The molecule has 3 heteroatoms. The van der Waals surface area contributed by atoms with E-state index >= 15 is 0 Å². The summed E-state index contributed by atoms with van der Waals surface area (Å²) in [7, 11) is 0. The Kier molecular flexibility index (Phi) is 4.22. The molecule has 0 unspecified atom stereocenters. The van der Waals surface area contributed by atoms with Crippen LogP contribution in [0.5, 0.6) is 0 Å². The zero-order valence-corrected chi connectivity index (χ0v) is 8.08. The van der Waals surface area contributed by atoms with E-state index in [1.807, 2.05) is 0 Å². The molecule has 0 aliphatic carbocycles. The first-order chi connectivity index (χ1) is 6.84. The second-order valence-electron chi connectivity index (χ2n) is 2.65. The molecular weight excluding hydrogens is 176 g/mol. The maximum atomic E-state index is 11.4. The molecule has 1 amide bonds. The summed E-state index contributed by atoms with van der Waals surface area (Å²) in [4.78, 5) is 15.3. The van der Waals surface area contributed by atoms with Crippen molar-refractivity contribution in [1.82, 2.24) is 10.3 Å². The lowest BCUT2D eigenvalue weighted by Gasteiger charge is -2.00. The van der Waals surface area contributed by atoms with Crippen LogP contribution in [-0.4, -0.2) is 17.4 Å². The van der Waals surface area contributed by atoms with Crippen molar-refractivity contribution >= 4 is 5.91 Å². The summed E-state index contributed by atoms with van der Waals surface area (Å²) < 4.78 is 0. The lowest BCUT2D eigenvalue weighted by molar-refractivity contribution is 0.0949. The Bertz CT molecular complexity index is 349. The molecule has 0 spiro atoms. The van der Waals surface area contributed by atoms with E-state index in [4.69, 9.17) is 0 Å². The third-order valence-corrected chi connectivity index (χ3v) is 1.61. The Morgan fingerprint density at radius 1 is 1.57 bits per heavy atom. The number of hydrogen-bond acceptors (Lipinski definition) is 2. The molecule has 0 radical (unpaired) electrons. The van der Waals surface area contributed by atoms with Gasteiger partial charge in [0.05, 0.1) is 0 Å². The molecule has 1 N–H and O–H groups in total. The second kappa shape index (κ2) is 5.76. The zero-order valence-electron chi connectivity index (χ0n) is 8.08. The van der Waals surface area contributed by atoms with Gasteiger partial charge < -0.3 is 5.32 Å². The summed E-state index contributed by atoms with van der Waals surface area (Å²) in [6.45, 7) is 2.34. The van der Waals surface area contributed by atoms with Crippen LogP contribution in [0.3, 0.4) is 0 Å². The summed E-state index contributed by atoms with van der Waals surface area (Å²) >= 11 is 0. The van der Waals surface area contributed by atoms with E-state index in [2.05, 4.69) is 22.1 Å². The van der Waals surface area contributed by atoms with Crippen LogP contribution < -0.4 is 5.32 Å². The lowest BCUT2D eigenvalue weighted by Crippen LogP contribution is -2.24. The normalized spacial score (nSPS) is 8.64. The van der Waals surface area contributed by atoms with Gasteiger partial charge in [0.15, 0.2) is 0 Å². The summed E-state index contributed by atoms with van der Waals surface area (Å²) in [5, 5.41) is 2.73. The highest BCUT2D eigenvalue weighted by Crippen LogP contribution is 1.92. The molecule has 1 aromatic rings. The topological polar surface area (TPSA) is 42.0 Å². The van der Waals surface area contributed by atoms with Crippen molar-refractivity contribution in [1.29, 1.82) is 0 Å². The zero-order chi connectivity index (χ0) is 10.2. The first kappa shape index (κ1) is 10.3. The predicted octanol–water partition coefficient (Wildman–Crippen LogP) is 1.22. The fourth-order valence-electron chi connectivity index (χ4n) is 0.951. The monoisotopic (exact) mass is 188 g/mol. The van der Waals surface area contributed by atoms with Crippen LogP contribution in [0.2, 0.25) is 0 Å². The molecule has 0 fully saturated rings. The number of carbonyl (C=O) groups excluding carboxylic acids is 1. The molecule has 3 nitrogen and oxygen atoms in total. The minimum absolute atomic E-state index is 0.150. The first-order valence-electron chi connectivity index (χ1n) is 4.43. The van der Waals surface area contributed by atoms with Gasteiger partial charge in [0.2, 0.25) is 0 Å². The first-order valence-corrected chi connectivity index (χ1v) is 4.43. The van der Waals surface area contributed by atoms with Crippen LogP contribution in [0.4, 0.5) is 0 Å². The van der Waals surface area contributed by atoms with Crippen molar-refractivity contribution in [2.75, 3.05) is 6.54 Å². The molecule has 0 saturated carbocycles. The summed E-state index contributed by atoms with van der Waals surface area (Å²) in [5.41, 5.74) is 0.442. The molecular formula is C11H12N2O. The Balaban J connectivity index is 2.39. The van der Waals surface area contributed by atoms with Crippen LogP contribution in [0.15, 0.2) is 24.4 Å². The number of pyridine rings is 1. The molecule has 1 rings (SSSR count). The molecule has 1 heterocycles. The fourth-order valence-corrected chi connectivity index (χ4v) is 0.951. The highest BCUT2D eigenvalue weighted by molar-refractivity contribution is 5.92. The van der Waals surface area contributed by atoms with Crippen molar-refractivity contribution in [3.8, 4) is 11.8 Å². The molecule has 14 heavy (non-hydrogen) atoms. The standard InChI is InChI=1S/C11H12N2O/c1-2-3-5-9-13-11(14)10-7-4-6-8-12-10/h4,6-8H,5,9H2,1H3,(H,13,14). The van der Waals surface area contributed by atoms with Gasteiger partial charge in [0.25, 0.3) is 5.91 Å². The summed E-state index contributed by atoms with van der Waals surface area (Å²) in [5.74, 6) is 5.48. The van der Waals surface area contributed by atoms with E-state index in [0.29, 0.717) is 18.7 Å². The Morgan fingerprint density at radius 2 is 2.43 bits per heavy atom. The Morgan fingerprint density at radius 3 is 3.07 bits per heavy atom. The van der Waals surface area contributed by atoms with Gasteiger partial charge in [-0.1, -0.05) is 6.07 Å². The van der Waals surface area contributed by atoms with Crippen molar-refractivity contribution in [2.45, 2.75) is 13.3 Å². The van der Waals surface area contributed by atoms with Gasteiger partial charge in [-0.05, 0) is 19.1 Å². The number of carbonyl (C=O) groups is 1. The van der Waals surface area contributed by atoms with Gasteiger partial charge in [-0.2, -0.15) is 0 Å². The SMILES string of the molecule is CC#CCCNC(=O)c1ccccn1. The van der Waals surface area contributed by atoms with Crippen LogP contribution in [-0.2, 0) is 0 Å². The predicted molar refractivity (Wildman–Crippen MR) is 54.6 cm³/mol. The second-order valence-corrected chi connectivity index (χ2v) is 2.65. The van der Waals surface area contributed by atoms with Crippen molar-refractivity contribution in [3.05, 3.63) is 30.1 Å². The van der Waals surface area contributed by atoms with Gasteiger partial charge in [0.1, 0.15) is 5.69 Å². The maximum absolute atomic E-state index is 11.4. The average Bonchev–Trinajstić information content (AvgIpc) is 2.25. The molecule has 1 aromatic heterocycles. The van der Waals surface area contributed by atoms with Gasteiger partial charge in [-0.25, -0.2) is 0 Å². The van der Waals surface area contributed by atoms with E-state index in [1.165, 1.54) is 0 Å². The Hall–Kier alpha value is -1.82. The largest absolute Gasteiger partial charge is 0.350 e. The van der Waals surface area contributed by atoms with Crippen molar-refractivity contribution in [3.63, 3.8) is 0 Å². The minimum atomic E-state index is -0.150. The molecule has 0 saturated heterocycles. The molecule has 0 atom stereocenters. The van der Waals surface area contributed by atoms with Crippen molar-refractivity contribution < 1.29 is 4.79 Å². The lowest BCUT2D eigenvalue weighted by atomic mass is 10.3. The molecule has 72 valence electrons. The number of nitrogens with one attached hydrogen (secondary N) is 1. The molecule has 0 aliphatic heterocycles. The van der Waals surface area contributed by atoms with Crippen LogP contribution in [0, 0.1) is 11.8 Å². The molecule has 0 aromatic carbocycles. The Labute approximate surface area is 83.6 Å².